The van der Waals surface area contributed by atoms with E-state index in [0.717, 1.165) is 0 Å². The van der Waals surface area contributed by atoms with Crippen LogP contribution >= 0.6 is 0 Å². The Hall–Kier alpha value is 0.659. The second-order valence-corrected chi connectivity index (χ2v) is 5.13. The molecule has 0 fully saturated rings. The van der Waals surface area contributed by atoms with Gasteiger partial charge in [0.25, 0.3) is 0 Å². The smallest absolute Gasteiger partial charge is 1.00 e. The molecular weight excluding hydrogens is 328 g/mol. The molecule has 1 heterocycles. The van der Waals surface area contributed by atoms with Gasteiger partial charge >= 0.3 is 74.4 Å². The predicted octanol–water partition coefficient (Wildman–Crippen LogP) is -1.55. The number of nitrogens with zero attached hydrogens (tertiary/aromatic N) is 1. The van der Waals surface area contributed by atoms with Crippen LogP contribution in [0.1, 0.15) is 30.0 Å². The van der Waals surface area contributed by atoms with Crippen molar-refractivity contribution in [3.05, 3.63) is 15.2 Å². The summed E-state index contributed by atoms with van der Waals surface area (Å²) in [5.74, 6) is 0. The van der Waals surface area contributed by atoms with Crippen LogP contribution in [-0.2, 0) is 6.54 Å². The van der Waals surface area contributed by atoms with Crippen molar-refractivity contribution in [2.45, 2.75) is 40.2 Å². The minimum atomic E-state index is 0. The Bertz CT molecular complexity index is 213. The van der Waals surface area contributed by atoms with E-state index in [9.17, 15) is 0 Å². The summed E-state index contributed by atoms with van der Waals surface area (Å²) in [6, 6.07) is 0. The van der Waals surface area contributed by atoms with Crippen molar-refractivity contribution in [2.75, 3.05) is 0 Å². The Morgan fingerprint density at radius 3 is 2.50 bits per heavy atom. The van der Waals surface area contributed by atoms with E-state index in [-0.39, 0.29) is 24.0 Å². The average Bonchev–Trinajstić information content (AvgIpc) is 2.29. The average molecular weight is 344 g/mol. The van der Waals surface area contributed by atoms with Crippen LogP contribution in [0.15, 0.2) is 4.94 Å². The molecule has 1 nitrogen and oxygen atoms in total. The third-order valence-electron chi connectivity index (χ3n) is 1.94. The molecule has 0 aliphatic heterocycles. The Morgan fingerprint density at radius 1 is 1.42 bits per heavy atom. The van der Waals surface area contributed by atoms with Gasteiger partial charge < -0.3 is 24.0 Å². The van der Waals surface area contributed by atoms with E-state index in [2.05, 4.69) is 30.3 Å². The summed E-state index contributed by atoms with van der Waals surface area (Å²) in [5.41, 5.74) is 1.47. The number of unbranched alkanes of at least 4 members (excludes halogenated alkanes) is 1. The molecule has 0 aliphatic rings. The van der Waals surface area contributed by atoms with Crippen LogP contribution < -0.4 is 28.5 Å². The van der Waals surface area contributed by atoms with Crippen molar-refractivity contribution in [2.24, 2.45) is 0 Å². The number of hydrogen-bond donors (Lipinski definition) is 0. The fraction of sp³-hybridized carbons (Fsp3) is 0.667. The summed E-state index contributed by atoms with van der Waals surface area (Å²) in [7, 11) is 0. The van der Waals surface area contributed by atoms with Crippen molar-refractivity contribution >= 4 is 14.5 Å². The third kappa shape index (κ3) is 3.19. The molecule has 0 saturated carbocycles. The van der Waals surface area contributed by atoms with E-state index >= 15 is 0 Å². The van der Waals surface area contributed by atoms with E-state index < -0.39 is 0 Å². The summed E-state index contributed by atoms with van der Waals surface area (Å²) in [6.07, 6.45) is 2.61. The first-order chi connectivity index (χ1) is 5.25. The SMILES string of the molecule is CCCC[n+]1c(C)c[se]c1C.[I-]. The number of aromatic nitrogens is 1. The zero-order chi connectivity index (χ0) is 8.27. The zero-order valence-electron chi connectivity index (χ0n) is 7.93. The standard InChI is InChI=1S/C9H16NSe.HI/c1-4-5-6-10-8(2)7-11-9(10)3;/h7H,4-6H2,1-3H3;1H/q+1;/p-1. The minimum absolute atomic E-state index is 0. The van der Waals surface area contributed by atoms with Crippen LogP contribution in [0.2, 0.25) is 0 Å². The van der Waals surface area contributed by atoms with Crippen LogP contribution in [0.5, 0.6) is 0 Å². The molecule has 0 unspecified atom stereocenters. The van der Waals surface area contributed by atoms with Crippen LogP contribution in [0.25, 0.3) is 0 Å². The molecule has 0 radical (unpaired) electrons. The van der Waals surface area contributed by atoms with Crippen LogP contribution in [0, 0.1) is 13.8 Å². The Balaban J connectivity index is 0.00000121. The number of halogens is 1. The van der Waals surface area contributed by atoms with Gasteiger partial charge in [-0.2, -0.15) is 0 Å². The predicted molar refractivity (Wildman–Crippen MR) is 48.0 cm³/mol. The van der Waals surface area contributed by atoms with Crippen molar-refractivity contribution in [3.8, 4) is 0 Å². The second kappa shape index (κ2) is 6.16. The Labute approximate surface area is 98.0 Å². The first kappa shape index (κ1) is 12.7. The zero-order valence-corrected chi connectivity index (χ0v) is 11.8. The van der Waals surface area contributed by atoms with Crippen LogP contribution in [0.4, 0.5) is 0 Å². The maximum Gasteiger partial charge on any atom is -1.00 e. The third-order valence-corrected chi connectivity index (χ3v) is 4.08. The molecule has 0 spiro atoms. The first-order valence-electron chi connectivity index (χ1n) is 4.20. The van der Waals surface area contributed by atoms with Crippen LogP contribution in [-0.4, -0.2) is 14.5 Å². The summed E-state index contributed by atoms with van der Waals surface area (Å²) in [6.45, 7) is 7.94. The van der Waals surface area contributed by atoms with Gasteiger partial charge in [0.2, 0.25) is 0 Å². The van der Waals surface area contributed by atoms with Gasteiger partial charge in [-0.25, -0.2) is 0 Å². The summed E-state index contributed by atoms with van der Waals surface area (Å²) >= 11 is 0.651. The van der Waals surface area contributed by atoms with Gasteiger partial charge in [0.05, 0.1) is 0 Å². The monoisotopic (exact) mass is 345 g/mol. The van der Waals surface area contributed by atoms with Gasteiger partial charge in [0, 0.05) is 0 Å². The molecule has 1 aromatic rings. The van der Waals surface area contributed by atoms with E-state index in [1.807, 2.05) is 0 Å². The Kier molecular flexibility index (Phi) is 6.50. The maximum absolute atomic E-state index is 2.46. The van der Waals surface area contributed by atoms with Gasteiger partial charge in [0.1, 0.15) is 0 Å². The van der Waals surface area contributed by atoms with E-state index in [0.29, 0.717) is 14.5 Å². The molecule has 0 aliphatic carbocycles. The number of hydrogen-bond acceptors (Lipinski definition) is 0. The molecule has 0 aromatic carbocycles. The van der Waals surface area contributed by atoms with Gasteiger partial charge in [-0.05, 0) is 0 Å². The molecule has 0 N–H and O–H groups in total. The first-order valence-corrected chi connectivity index (χ1v) is 6.04. The van der Waals surface area contributed by atoms with Crippen molar-refractivity contribution in [1.29, 1.82) is 0 Å². The maximum atomic E-state index is 2.46. The number of aryl methyl sites for hydroxylation is 2. The molecule has 0 atom stereocenters. The molecule has 1 rings (SSSR count). The molecule has 1 aromatic heterocycles. The van der Waals surface area contributed by atoms with Crippen LogP contribution in [0.3, 0.4) is 0 Å². The van der Waals surface area contributed by atoms with Gasteiger partial charge in [0.15, 0.2) is 0 Å². The summed E-state index contributed by atoms with van der Waals surface area (Å²) in [4.78, 5) is 2.37. The van der Waals surface area contributed by atoms with Gasteiger partial charge in [-0.1, -0.05) is 0 Å². The van der Waals surface area contributed by atoms with Gasteiger partial charge in [-0.15, -0.1) is 0 Å². The van der Waals surface area contributed by atoms with Crippen molar-refractivity contribution in [1.82, 2.24) is 0 Å². The summed E-state index contributed by atoms with van der Waals surface area (Å²) in [5, 5.41) is 0. The van der Waals surface area contributed by atoms with Crippen molar-refractivity contribution < 1.29 is 28.5 Å². The van der Waals surface area contributed by atoms with Gasteiger partial charge in [-0.3, -0.25) is 0 Å². The molecule has 12 heavy (non-hydrogen) atoms. The van der Waals surface area contributed by atoms with E-state index in [1.54, 1.807) is 4.57 Å². The fourth-order valence-electron chi connectivity index (χ4n) is 1.20. The quantitative estimate of drug-likeness (QED) is 0.355. The molecule has 0 saturated heterocycles. The van der Waals surface area contributed by atoms with Crippen molar-refractivity contribution in [3.63, 3.8) is 0 Å². The normalized spacial score (nSPS) is 9.58. The molecule has 0 amide bonds. The second-order valence-electron chi connectivity index (χ2n) is 2.90. The molecule has 3 heteroatoms. The topological polar surface area (TPSA) is 3.88 Å². The van der Waals surface area contributed by atoms with E-state index in [1.165, 1.54) is 25.1 Å². The molecular formula is C9H16INSe. The molecule has 0 bridgehead atoms. The molecule has 70 valence electrons. The summed E-state index contributed by atoms with van der Waals surface area (Å²) < 4.78 is 4.03. The largest absolute Gasteiger partial charge is 1.00 e. The fourth-order valence-corrected chi connectivity index (χ4v) is 2.94. The van der Waals surface area contributed by atoms with E-state index in [4.69, 9.17) is 0 Å². The Morgan fingerprint density at radius 2 is 2.08 bits per heavy atom. The number of rotatable bonds is 3. The minimum Gasteiger partial charge on any atom is -1.00 e.